The van der Waals surface area contributed by atoms with Crippen LogP contribution in [0.25, 0.3) is 0 Å². The second-order valence-electron chi connectivity index (χ2n) is 3.14. The SMILES string of the molecule is Cc1cnc(C(F)F)c(CO)c1OC(F)(F)F. The van der Waals surface area contributed by atoms with Crippen molar-refractivity contribution in [3.63, 3.8) is 0 Å². The molecule has 0 aromatic carbocycles. The van der Waals surface area contributed by atoms with Gasteiger partial charge in [-0.3, -0.25) is 4.98 Å². The van der Waals surface area contributed by atoms with Crippen LogP contribution in [0.1, 0.15) is 23.2 Å². The standard InChI is InChI=1S/C9H8F5NO2/c1-4-2-15-6(8(10)11)5(3-16)7(4)17-9(12,13)14/h2,8,16H,3H2,1H3. The average molecular weight is 257 g/mol. The fourth-order valence-corrected chi connectivity index (χ4v) is 1.26. The molecule has 0 saturated carbocycles. The average Bonchev–Trinajstić information content (AvgIpc) is 2.18. The molecule has 1 aromatic rings. The molecule has 3 nitrogen and oxygen atoms in total. The lowest BCUT2D eigenvalue weighted by Gasteiger charge is -2.16. The molecule has 0 spiro atoms. The monoisotopic (exact) mass is 257 g/mol. The lowest BCUT2D eigenvalue weighted by atomic mass is 10.1. The third kappa shape index (κ3) is 3.26. The van der Waals surface area contributed by atoms with Gasteiger partial charge in [-0.25, -0.2) is 8.78 Å². The topological polar surface area (TPSA) is 42.4 Å². The van der Waals surface area contributed by atoms with Gasteiger partial charge in [0.1, 0.15) is 11.4 Å². The first-order valence-electron chi connectivity index (χ1n) is 4.39. The van der Waals surface area contributed by atoms with Gasteiger partial charge in [0, 0.05) is 17.3 Å². The summed E-state index contributed by atoms with van der Waals surface area (Å²) in [6.07, 6.45) is -7.27. The number of aryl methyl sites for hydroxylation is 1. The third-order valence-corrected chi connectivity index (χ3v) is 1.92. The maximum atomic E-state index is 12.4. The van der Waals surface area contributed by atoms with Crippen LogP contribution in [0.15, 0.2) is 6.20 Å². The van der Waals surface area contributed by atoms with E-state index in [2.05, 4.69) is 9.72 Å². The van der Waals surface area contributed by atoms with Crippen LogP contribution in [-0.2, 0) is 6.61 Å². The molecule has 0 aliphatic carbocycles. The molecular weight excluding hydrogens is 249 g/mol. The van der Waals surface area contributed by atoms with E-state index in [-0.39, 0.29) is 5.56 Å². The minimum atomic E-state index is -5.02. The Morgan fingerprint density at radius 1 is 1.41 bits per heavy atom. The van der Waals surface area contributed by atoms with Crippen molar-refractivity contribution in [3.8, 4) is 5.75 Å². The maximum absolute atomic E-state index is 12.4. The molecule has 17 heavy (non-hydrogen) atoms. The second-order valence-corrected chi connectivity index (χ2v) is 3.14. The molecule has 0 saturated heterocycles. The number of hydrogen-bond acceptors (Lipinski definition) is 3. The summed E-state index contributed by atoms with van der Waals surface area (Å²) < 4.78 is 64.7. The number of alkyl halides is 5. The Bertz CT molecular complexity index is 405. The number of halogens is 5. The van der Waals surface area contributed by atoms with E-state index in [1.165, 1.54) is 6.92 Å². The zero-order chi connectivity index (χ0) is 13.2. The van der Waals surface area contributed by atoms with Crippen LogP contribution in [0.5, 0.6) is 5.75 Å². The Kier molecular flexibility index (Phi) is 3.87. The first kappa shape index (κ1) is 13.6. The van der Waals surface area contributed by atoms with Gasteiger partial charge in [0.2, 0.25) is 0 Å². The molecule has 0 aliphatic heterocycles. The van der Waals surface area contributed by atoms with Crippen molar-refractivity contribution in [2.24, 2.45) is 0 Å². The summed E-state index contributed by atoms with van der Waals surface area (Å²) in [4.78, 5) is 3.28. The predicted octanol–water partition coefficient (Wildman–Crippen LogP) is 2.72. The van der Waals surface area contributed by atoms with Crippen LogP contribution in [0.3, 0.4) is 0 Å². The largest absolute Gasteiger partial charge is 0.573 e. The molecule has 1 rings (SSSR count). The molecule has 0 atom stereocenters. The Morgan fingerprint density at radius 3 is 2.41 bits per heavy atom. The highest BCUT2D eigenvalue weighted by Gasteiger charge is 2.34. The molecule has 1 N–H and O–H groups in total. The number of aromatic nitrogens is 1. The summed E-state index contributed by atoms with van der Waals surface area (Å²) in [6.45, 7) is 0.197. The fraction of sp³-hybridized carbons (Fsp3) is 0.444. The van der Waals surface area contributed by atoms with Gasteiger partial charge in [0.25, 0.3) is 6.43 Å². The molecule has 0 radical (unpaired) electrons. The first-order chi connectivity index (χ1) is 7.76. The van der Waals surface area contributed by atoms with E-state index in [0.29, 0.717) is 0 Å². The fourth-order valence-electron chi connectivity index (χ4n) is 1.26. The summed E-state index contributed by atoms with van der Waals surface area (Å²) in [5.74, 6) is -0.828. The van der Waals surface area contributed by atoms with Crippen molar-refractivity contribution in [2.75, 3.05) is 0 Å². The quantitative estimate of drug-likeness (QED) is 0.846. The molecule has 0 amide bonds. The van der Waals surface area contributed by atoms with E-state index in [9.17, 15) is 22.0 Å². The highest BCUT2D eigenvalue weighted by atomic mass is 19.4. The van der Waals surface area contributed by atoms with E-state index in [1.807, 2.05) is 0 Å². The second kappa shape index (κ2) is 4.82. The number of ether oxygens (including phenoxy) is 1. The summed E-state index contributed by atoms with van der Waals surface area (Å²) in [5.41, 5.74) is -1.66. The summed E-state index contributed by atoms with van der Waals surface area (Å²) in [6, 6.07) is 0. The predicted molar refractivity (Wildman–Crippen MR) is 46.5 cm³/mol. The maximum Gasteiger partial charge on any atom is 0.573 e. The minimum absolute atomic E-state index is 0.0872. The minimum Gasteiger partial charge on any atom is -0.405 e. The molecule has 0 fully saturated rings. The number of pyridine rings is 1. The van der Waals surface area contributed by atoms with E-state index >= 15 is 0 Å². The Labute approximate surface area is 92.8 Å². The number of hydrogen-bond donors (Lipinski definition) is 1. The van der Waals surface area contributed by atoms with Gasteiger partial charge < -0.3 is 9.84 Å². The molecule has 0 bridgehead atoms. The molecule has 0 unspecified atom stereocenters. The van der Waals surface area contributed by atoms with Crippen molar-refractivity contribution in [1.29, 1.82) is 0 Å². The van der Waals surface area contributed by atoms with E-state index in [1.54, 1.807) is 0 Å². The summed E-state index contributed by atoms with van der Waals surface area (Å²) in [7, 11) is 0. The van der Waals surface area contributed by atoms with Crippen molar-refractivity contribution >= 4 is 0 Å². The van der Waals surface area contributed by atoms with Crippen LogP contribution in [0.4, 0.5) is 22.0 Å². The zero-order valence-corrected chi connectivity index (χ0v) is 8.55. The van der Waals surface area contributed by atoms with Crippen LogP contribution in [0, 0.1) is 6.92 Å². The van der Waals surface area contributed by atoms with Crippen molar-refractivity contribution < 1.29 is 31.8 Å². The summed E-state index contributed by atoms with van der Waals surface area (Å²) in [5, 5.41) is 8.85. The summed E-state index contributed by atoms with van der Waals surface area (Å²) >= 11 is 0. The number of aliphatic hydroxyl groups excluding tert-OH is 1. The molecule has 1 heterocycles. The molecular formula is C9H8F5NO2. The van der Waals surface area contributed by atoms with E-state index in [0.717, 1.165) is 6.20 Å². The number of rotatable bonds is 3. The number of aliphatic hydroxyl groups is 1. The molecule has 96 valence electrons. The third-order valence-electron chi connectivity index (χ3n) is 1.92. The van der Waals surface area contributed by atoms with Gasteiger partial charge in [0.15, 0.2) is 0 Å². The van der Waals surface area contributed by atoms with E-state index < -0.39 is 36.4 Å². The Hall–Kier alpha value is -1.44. The van der Waals surface area contributed by atoms with Crippen LogP contribution < -0.4 is 4.74 Å². The van der Waals surface area contributed by atoms with Crippen molar-refractivity contribution in [1.82, 2.24) is 4.98 Å². The van der Waals surface area contributed by atoms with Crippen LogP contribution in [0.2, 0.25) is 0 Å². The first-order valence-corrected chi connectivity index (χ1v) is 4.39. The Morgan fingerprint density at radius 2 is 2.00 bits per heavy atom. The zero-order valence-electron chi connectivity index (χ0n) is 8.55. The van der Waals surface area contributed by atoms with Gasteiger partial charge in [-0.1, -0.05) is 0 Å². The van der Waals surface area contributed by atoms with Crippen LogP contribution in [-0.4, -0.2) is 16.5 Å². The van der Waals surface area contributed by atoms with Gasteiger partial charge in [-0.15, -0.1) is 13.2 Å². The Balaban J connectivity index is 3.30. The van der Waals surface area contributed by atoms with Crippen molar-refractivity contribution in [3.05, 3.63) is 23.0 Å². The smallest absolute Gasteiger partial charge is 0.405 e. The molecule has 8 heteroatoms. The van der Waals surface area contributed by atoms with E-state index in [4.69, 9.17) is 5.11 Å². The number of nitrogens with zero attached hydrogens (tertiary/aromatic N) is 1. The lowest BCUT2D eigenvalue weighted by molar-refractivity contribution is -0.275. The van der Waals surface area contributed by atoms with Gasteiger partial charge in [0.05, 0.1) is 6.61 Å². The molecule has 0 aliphatic rings. The van der Waals surface area contributed by atoms with Gasteiger partial charge >= 0.3 is 6.36 Å². The highest BCUT2D eigenvalue weighted by molar-refractivity contribution is 5.42. The lowest BCUT2D eigenvalue weighted by Crippen LogP contribution is -2.20. The molecule has 1 aromatic heterocycles. The van der Waals surface area contributed by atoms with Crippen molar-refractivity contribution in [2.45, 2.75) is 26.3 Å². The normalized spacial score (nSPS) is 12.0. The highest BCUT2D eigenvalue weighted by Crippen LogP contribution is 2.34. The van der Waals surface area contributed by atoms with Gasteiger partial charge in [-0.2, -0.15) is 0 Å². The van der Waals surface area contributed by atoms with Crippen LogP contribution >= 0.6 is 0 Å². The van der Waals surface area contributed by atoms with Gasteiger partial charge in [-0.05, 0) is 6.92 Å².